The number of halogens is 1. The van der Waals surface area contributed by atoms with E-state index in [0.717, 1.165) is 29.5 Å². The van der Waals surface area contributed by atoms with Gasteiger partial charge in [-0.05, 0) is 37.1 Å². The van der Waals surface area contributed by atoms with Crippen molar-refractivity contribution in [2.24, 2.45) is 4.99 Å². The molecule has 0 saturated heterocycles. The van der Waals surface area contributed by atoms with Crippen LogP contribution in [0, 0.1) is 6.92 Å². The first kappa shape index (κ1) is 20.3. The summed E-state index contributed by atoms with van der Waals surface area (Å²) in [7, 11) is 1.75. The molecule has 1 aromatic heterocycles. The molecule has 132 valence electrons. The van der Waals surface area contributed by atoms with Crippen LogP contribution < -0.4 is 15.4 Å². The first-order valence-corrected chi connectivity index (χ1v) is 7.92. The van der Waals surface area contributed by atoms with E-state index >= 15 is 0 Å². The molecule has 0 aliphatic rings. The predicted octanol–water partition coefficient (Wildman–Crippen LogP) is 3.73. The monoisotopic (exact) mass is 443 g/mol. The minimum absolute atomic E-state index is 0. The molecule has 1 atom stereocenters. The van der Waals surface area contributed by atoms with E-state index in [1.165, 1.54) is 0 Å². The smallest absolute Gasteiger partial charge is 0.191 e. The zero-order chi connectivity index (χ0) is 16.5. The molecule has 0 fully saturated rings. The number of hydrogen-bond acceptors (Lipinski definition) is 3. The summed E-state index contributed by atoms with van der Waals surface area (Å²) in [5.41, 5.74) is 1.14. The number of hydrogen-bond donors (Lipinski definition) is 2. The van der Waals surface area contributed by atoms with E-state index < -0.39 is 0 Å². The largest absolute Gasteiger partial charge is 0.488 e. The molecule has 0 saturated carbocycles. The molecule has 0 bridgehead atoms. The number of benzene rings is 1. The molecular formula is C18H26IN3O2. The molecule has 0 aliphatic carbocycles. The Balaban J connectivity index is 0.00000288. The van der Waals surface area contributed by atoms with E-state index in [2.05, 4.69) is 35.5 Å². The maximum Gasteiger partial charge on any atom is 0.191 e. The summed E-state index contributed by atoms with van der Waals surface area (Å²) in [6, 6.07) is 11.9. The summed E-state index contributed by atoms with van der Waals surface area (Å²) in [6.45, 7) is 5.45. The van der Waals surface area contributed by atoms with Crippen molar-refractivity contribution in [3.05, 3.63) is 54.0 Å². The van der Waals surface area contributed by atoms with Gasteiger partial charge in [0.25, 0.3) is 0 Å². The zero-order valence-electron chi connectivity index (χ0n) is 14.4. The van der Waals surface area contributed by atoms with Gasteiger partial charge >= 0.3 is 0 Å². The van der Waals surface area contributed by atoms with Crippen molar-refractivity contribution < 1.29 is 9.15 Å². The van der Waals surface area contributed by atoms with Crippen LogP contribution in [0.4, 0.5) is 0 Å². The van der Waals surface area contributed by atoms with Gasteiger partial charge in [-0.25, -0.2) is 0 Å². The van der Waals surface area contributed by atoms with Crippen LogP contribution >= 0.6 is 24.0 Å². The highest BCUT2D eigenvalue weighted by molar-refractivity contribution is 14.0. The predicted molar refractivity (Wildman–Crippen MR) is 108 cm³/mol. The molecule has 1 aromatic carbocycles. The number of furan rings is 1. The number of ether oxygens (including phenoxy) is 1. The third-order valence-electron chi connectivity index (χ3n) is 3.57. The summed E-state index contributed by atoms with van der Waals surface area (Å²) in [6.07, 6.45) is 2.66. The van der Waals surface area contributed by atoms with Crippen LogP contribution in [0.15, 0.2) is 52.1 Å². The van der Waals surface area contributed by atoms with Gasteiger partial charge in [-0.15, -0.1) is 24.0 Å². The third kappa shape index (κ3) is 6.43. The standard InChI is InChI=1S/C18H25N3O2.HI/c1-4-15(23-17-10-6-5-8-14(17)2)12-20-18(19-3)21-13-16-9-7-11-22-16;/h5-11,15H,4,12-13H2,1-3H3,(H2,19,20,21);1H. The number of aliphatic imine (C=N–C) groups is 1. The average molecular weight is 443 g/mol. The molecule has 0 amide bonds. The van der Waals surface area contributed by atoms with Gasteiger partial charge in [-0.1, -0.05) is 25.1 Å². The Morgan fingerprint density at radius 1 is 1.21 bits per heavy atom. The fourth-order valence-electron chi connectivity index (χ4n) is 2.15. The fraction of sp³-hybridized carbons (Fsp3) is 0.389. The molecule has 5 nitrogen and oxygen atoms in total. The number of nitrogens with one attached hydrogen (secondary N) is 2. The van der Waals surface area contributed by atoms with Crippen molar-refractivity contribution in [2.45, 2.75) is 32.9 Å². The number of nitrogens with zero attached hydrogens (tertiary/aromatic N) is 1. The number of rotatable bonds is 7. The lowest BCUT2D eigenvalue weighted by atomic mass is 10.2. The quantitative estimate of drug-likeness (QED) is 0.389. The highest BCUT2D eigenvalue weighted by Gasteiger charge is 2.10. The van der Waals surface area contributed by atoms with Gasteiger partial charge in [0.15, 0.2) is 5.96 Å². The Morgan fingerprint density at radius 2 is 2.00 bits per heavy atom. The summed E-state index contributed by atoms with van der Waals surface area (Å²) in [4.78, 5) is 4.22. The van der Waals surface area contributed by atoms with Crippen molar-refractivity contribution in [3.63, 3.8) is 0 Å². The maximum absolute atomic E-state index is 6.08. The summed E-state index contributed by atoms with van der Waals surface area (Å²) >= 11 is 0. The molecule has 2 aromatic rings. The van der Waals surface area contributed by atoms with Gasteiger partial charge < -0.3 is 19.8 Å². The first-order valence-electron chi connectivity index (χ1n) is 7.92. The van der Waals surface area contributed by atoms with Crippen LogP contribution in [0.3, 0.4) is 0 Å². The molecule has 2 rings (SSSR count). The molecule has 0 radical (unpaired) electrons. The van der Waals surface area contributed by atoms with Gasteiger partial charge in [0.05, 0.1) is 19.4 Å². The van der Waals surface area contributed by atoms with E-state index in [1.54, 1.807) is 13.3 Å². The van der Waals surface area contributed by atoms with Gasteiger partial charge in [-0.2, -0.15) is 0 Å². The van der Waals surface area contributed by atoms with Crippen LogP contribution in [-0.4, -0.2) is 25.7 Å². The van der Waals surface area contributed by atoms with Crippen LogP contribution in [0.25, 0.3) is 0 Å². The van der Waals surface area contributed by atoms with Gasteiger partial charge in [-0.3, -0.25) is 4.99 Å². The van der Waals surface area contributed by atoms with Crippen molar-refractivity contribution >= 4 is 29.9 Å². The van der Waals surface area contributed by atoms with Crippen molar-refractivity contribution in [3.8, 4) is 5.75 Å². The van der Waals surface area contributed by atoms with Gasteiger partial charge in [0.1, 0.15) is 17.6 Å². The topological polar surface area (TPSA) is 58.8 Å². The number of guanidine groups is 1. The van der Waals surface area contributed by atoms with Crippen molar-refractivity contribution in [2.75, 3.05) is 13.6 Å². The van der Waals surface area contributed by atoms with E-state index in [9.17, 15) is 0 Å². The van der Waals surface area contributed by atoms with Crippen molar-refractivity contribution in [1.82, 2.24) is 10.6 Å². The minimum Gasteiger partial charge on any atom is -0.488 e. The average Bonchev–Trinajstić information content (AvgIpc) is 3.09. The van der Waals surface area contributed by atoms with E-state index in [1.807, 2.05) is 30.3 Å². The van der Waals surface area contributed by atoms with Crippen LogP contribution in [0.2, 0.25) is 0 Å². The Morgan fingerprint density at radius 3 is 2.62 bits per heavy atom. The van der Waals surface area contributed by atoms with E-state index in [-0.39, 0.29) is 30.1 Å². The maximum atomic E-state index is 6.08. The molecule has 0 aliphatic heterocycles. The highest BCUT2D eigenvalue weighted by atomic mass is 127. The second-order valence-corrected chi connectivity index (χ2v) is 5.30. The minimum atomic E-state index is 0. The third-order valence-corrected chi connectivity index (χ3v) is 3.57. The summed E-state index contributed by atoms with van der Waals surface area (Å²) in [5.74, 6) is 2.53. The molecule has 24 heavy (non-hydrogen) atoms. The normalized spacial score (nSPS) is 12.2. The lowest BCUT2D eigenvalue weighted by molar-refractivity contribution is 0.198. The Kier molecular flexibility index (Phi) is 9.29. The van der Waals surface area contributed by atoms with Crippen LogP contribution in [0.1, 0.15) is 24.7 Å². The Bertz CT molecular complexity index is 614. The second-order valence-electron chi connectivity index (χ2n) is 5.30. The molecule has 1 heterocycles. The lowest BCUT2D eigenvalue weighted by Crippen LogP contribution is -2.42. The zero-order valence-corrected chi connectivity index (χ0v) is 16.7. The van der Waals surface area contributed by atoms with Crippen LogP contribution in [-0.2, 0) is 6.54 Å². The molecule has 2 N–H and O–H groups in total. The number of aryl methyl sites for hydroxylation is 1. The first-order chi connectivity index (χ1) is 11.2. The molecule has 6 heteroatoms. The van der Waals surface area contributed by atoms with Crippen LogP contribution in [0.5, 0.6) is 5.75 Å². The Hall–Kier alpha value is -1.70. The summed E-state index contributed by atoms with van der Waals surface area (Å²) in [5, 5.41) is 6.51. The lowest BCUT2D eigenvalue weighted by Gasteiger charge is -2.20. The van der Waals surface area contributed by atoms with E-state index in [0.29, 0.717) is 13.1 Å². The SMILES string of the molecule is CCC(CNC(=NC)NCc1ccco1)Oc1ccccc1C.I. The van der Waals surface area contributed by atoms with Gasteiger partial charge in [0, 0.05) is 7.05 Å². The molecular weight excluding hydrogens is 417 g/mol. The highest BCUT2D eigenvalue weighted by Crippen LogP contribution is 2.18. The van der Waals surface area contributed by atoms with Crippen molar-refractivity contribution in [1.29, 1.82) is 0 Å². The van der Waals surface area contributed by atoms with E-state index in [4.69, 9.17) is 9.15 Å². The Labute approximate surface area is 160 Å². The summed E-state index contributed by atoms with van der Waals surface area (Å²) < 4.78 is 11.4. The number of para-hydroxylation sites is 1. The fourth-order valence-corrected chi connectivity index (χ4v) is 2.15. The van der Waals surface area contributed by atoms with Gasteiger partial charge in [0.2, 0.25) is 0 Å². The molecule has 0 spiro atoms. The second kappa shape index (κ2) is 11.0. The molecule has 1 unspecified atom stereocenters.